The van der Waals surface area contributed by atoms with Crippen LogP contribution in [0.15, 0.2) is 24.3 Å². The van der Waals surface area contributed by atoms with Crippen LogP contribution >= 0.6 is 24.1 Å². The molecule has 102 valence electrons. The molecule has 0 spiro atoms. The summed E-state index contributed by atoms with van der Waals surface area (Å²) in [6.45, 7) is 0. The molecule has 0 bridgehead atoms. The van der Waals surface area contributed by atoms with Gasteiger partial charge in [0, 0.05) is 0 Å². The van der Waals surface area contributed by atoms with E-state index in [-0.39, 0.29) is 0 Å². The third-order valence-corrected chi connectivity index (χ3v) is 8.44. The standard InChI is InChI=1S/C12H18O2S2Se2/c13-15-5-7-17-9-11-3-1-2-4-12(11)10-18-8-6-16-14/h1-4,13-14H,5-10H2. The van der Waals surface area contributed by atoms with E-state index in [2.05, 4.69) is 24.3 Å². The first-order chi connectivity index (χ1) is 8.88. The summed E-state index contributed by atoms with van der Waals surface area (Å²) in [5.74, 6) is 1.72. The van der Waals surface area contributed by atoms with Gasteiger partial charge in [0.15, 0.2) is 0 Å². The van der Waals surface area contributed by atoms with E-state index in [0.717, 1.165) is 46.2 Å². The van der Waals surface area contributed by atoms with Gasteiger partial charge in [0.05, 0.1) is 0 Å². The van der Waals surface area contributed by atoms with E-state index in [1.165, 1.54) is 21.8 Å². The Hall–Kier alpha value is 0.879. The van der Waals surface area contributed by atoms with Gasteiger partial charge in [0.1, 0.15) is 0 Å². The second-order valence-electron chi connectivity index (χ2n) is 3.54. The van der Waals surface area contributed by atoms with Crippen molar-refractivity contribution in [3.8, 4) is 0 Å². The fourth-order valence-electron chi connectivity index (χ4n) is 1.40. The molecule has 2 nitrogen and oxygen atoms in total. The van der Waals surface area contributed by atoms with E-state index >= 15 is 0 Å². The molecule has 0 radical (unpaired) electrons. The summed E-state index contributed by atoms with van der Waals surface area (Å²) in [7, 11) is 0. The Balaban J connectivity index is 2.36. The van der Waals surface area contributed by atoms with E-state index in [1.54, 1.807) is 0 Å². The molecular formula is C12H18O2S2Se2. The Labute approximate surface area is 130 Å². The molecule has 0 aliphatic carbocycles. The average molecular weight is 416 g/mol. The molecule has 0 heterocycles. The molecule has 0 atom stereocenters. The van der Waals surface area contributed by atoms with Gasteiger partial charge < -0.3 is 0 Å². The van der Waals surface area contributed by atoms with Crippen LogP contribution in [0.25, 0.3) is 0 Å². The van der Waals surface area contributed by atoms with E-state index in [9.17, 15) is 0 Å². The van der Waals surface area contributed by atoms with Crippen LogP contribution in [0.3, 0.4) is 0 Å². The normalized spacial score (nSPS) is 10.8. The molecule has 1 rings (SSSR count). The van der Waals surface area contributed by atoms with Crippen molar-refractivity contribution in [3.63, 3.8) is 0 Å². The Morgan fingerprint density at radius 2 is 1.28 bits per heavy atom. The van der Waals surface area contributed by atoms with Crippen molar-refractivity contribution in [2.45, 2.75) is 21.3 Å². The Morgan fingerprint density at radius 3 is 1.67 bits per heavy atom. The summed E-state index contributed by atoms with van der Waals surface area (Å²) in [6, 6.07) is 8.71. The summed E-state index contributed by atoms with van der Waals surface area (Å²) in [4.78, 5) is 0. The van der Waals surface area contributed by atoms with Crippen LogP contribution < -0.4 is 0 Å². The van der Waals surface area contributed by atoms with Gasteiger partial charge in [0.25, 0.3) is 0 Å². The maximum atomic E-state index is 8.69. The van der Waals surface area contributed by atoms with Crippen LogP contribution in [0.1, 0.15) is 11.1 Å². The Morgan fingerprint density at radius 1 is 0.833 bits per heavy atom. The summed E-state index contributed by atoms with van der Waals surface area (Å²) < 4.78 is 17.4. The molecule has 18 heavy (non-hydrogen) atoms. The van der Waals surface area contributed by atoms with Gasteiger partial charge in [-0.1, -0.05) is 0 Å². The van der Waals surface area contributed by atoms with Crippen LogP contribution in [0, 0.1) is 0 Å². The van der Waals surface area contributed by atoms with Crippen LogP contribution in [0.5, 0.6) is 0 Å². The summed E-state index contributed by atoms with van der Waals surface area (Å²) in [6.07, 6.45) is 0. The maximum absolute atomic E-state index is 8.69. The van der Waals surface area contributed by atoms with Crippen LogP contribution in [0.4, 0.5) is 0 Å². The van der Waals surface area contributed by atoms with Gasteiger partial charge in [0.2, 0.25) is 0 Å². The van der Waals surface area contributed by atoms with Gasteiger partial charge in [-0.15, -0.1) is 0 Å². The molecule has 0 fully saturated rings. The second-order valence-corrected chi connectivity index (χ2v) is 9.51. The zero-order chi connectivity index (χ0) is 13.1. The Bertz CT molecular complexity index is 296. The number of hydrogen-bond donors (Lipinski definition) is 2. The SMILES string of the molecule is OSCC[Se]Cc1ccccc1C[Se]CCSO. The quantitative estimate of drug-likeness (QED) is 0.349. The Kier molecular flexibility index (Phi) is 11.0. The molecule has 0 saturated carbocycles. The zero-order valence-electron chi connectivity index (χ0n) is 10.1. The van der Waals surface area contributed by atoms with Crippen molar-refractivity contribution < 1.29 is 9.11 Å². The van der Waals surface area contributed by atoms with Crippen molar-refractivity contribution in [3.05, 3.63) is 35.4 Å². The topological polar surface area (TPSA) is 40.5 Å². The van der Waals surface area contributed by atoms with E-state index < -0.39 is 0 Å². The average Bonchev–Trinajstić information content (AvgIpc) is 2.41. The molecule has 0 unspecified atom stereocenters. The minimum atomic E-state index is 0.597. The molecule has 0 aromatic heterocycles. The van der Waals surface area contributed by atoms with Crippen molar-refractivity contribution >= 4 is 54.0 Å². The van der Waals surface area contributed by atoms with Gasteiger partial charge in [-0.2, -0.15) is 0 Å². The van der Waals surface area contributed by atoms with E-state index in [1.807, 2.05) is 0 Å². The first kappa shape index (κ1) is 16.9. The summed E-state index contributed by atoms with van der Waals surface area (Å²) >= 11 is 3.10. The fourth-order valence-corrected chi connectivity index (χ4v) is 6.91. The van der Waals surface area contributed by atoms with Crippen LogP contribution in [-0.2, 0) is 10.6 Å². The second kappa shape index (κ2) is 11.7. The predicted octanol–water partition coefficient (Wildman–Crippen LogP) is 3.34. The van der Waals surface area contributed by atoms with E-state index in [0.29, 0.717) is 29.9 Å². The zero-order valence-corrected chi connectivity index (χ0v) is 15.1. The molecule has 0 amide bonds. The molecular weight excluding hydrogens is 398 g/mol. The molecule has 6 heteroatoms. The molecule has 1 aromatic carbocycles. The predicted molar refractivity (Wildman–Crippen MR) is 85.1 cm³/mol. The molecule has 0 aliphatic heterocycles. The van der Waals surface area contributed by atoms with E-state index in [4.69, 9.17) is 9.11 Å². The first-order valence-corrected chi connectivity index (χ1v) is 12.4. The van der Waals surface area contributed by atoms with Gasteiger partial charge in [-0.05, 0) is 0 Å². The number of rotatable bonds is 10. The van der Waals surface area contributed by atoms with Crippen LogP contribution in [0.2, 0.25) is 10.6 Å². The van der Waals surface area contributed by atoms with Crippen molar-refractivity contribution in [1.82, 2.24) is 0 Å². The molecule has 0 saturated heterocycles. The van der Waals surface area contributed by atoms with Crippen molar-refractivity contribution in [1.29, 1.82) is 0 Å². The fraction of sp³-hybridized carbons (Fsp3) is 0.500. The first-order valence-electron chi connectivity index (χ1n) is 5.63. The minimum absolute atomic E-state index is 0.597. The summed E-state index contributed by atoms with van der Waals surface area (Å²) in [5.41, 5.74) is 2.97. The summed E-state index contributed by atoms with van der Waals surface area (Å²) in [5, 5.41) is 4.62. The third-order valence-electron chi connectivity index (χ3n) is 2.27. The van der Waals surface area contributed by atoms with Crippen molar-refractivity contribution in [2.75, 3.05) is 11.5 Å². The molecule has 1 aromatic rings. The third kappa shape index (κ3) is 7.46. The van der Waals surface area contributed by atoms with Gasteiger partial charge in [-0.25, -0.2) is 0 Å². The van der Waals surface area contributed by atoms with Crippen LogP contribution in [-0.4, -0.2) is 50.5 Å². The van der Waals surface area contributed by atoms with Gasteiger partial charge in [-0.3, -0.25) is 0 Å². The van der Waals surface area contributed by atoms with Crippen molar-refractivity contribution in [2.24, 2.45) is 0 Å². The number of benzene rings is 1. The molecule has 2 N–H and O–H groups in total. The number of hydrogen-bond acceptors (Lipinski definition) is 4. The monoisotopic (exact) mass is 418 g/mol. The molecule has 0 aliphatic rings. The van der Waals surface area contributed by atoms with Gasteiger partial charge >= 0.3 is 131 Å².